The van der Waals surface area contributed by atoms with Crippen LogP contribution in [0.15, 0.2) is 42.5 Å². The number of aromatic nitrogens is 1. The SMILES string of the molecule is CCOc1ccccc1NC(=O)CNc1ccc2nc(C(C)C)sc2c1. The number of thiazole rings is 1. The molecule has 6 heteroatoms. The molecular formula is C20H23N3O2S. The lowest BCUT2D eigenvalue weighted by Gasteiger charge is -2.12. The van der Waals surface area contributed by atoms with Crippen molar-refractivity contribution in [2.75, 3.05) is 23.8 Å². The van der Waals surface area contributed by atoms with Crippen molar-refractivity contribution >= 4 is 38.8 Å². The molecule has 0 fully saturated rings. The molecule has 0 radical (unpaired) electrons. The number of nitrogens with one attached hydrogen (secondary N) is 2. The molecule has 26 heavy (non-hydrogen) atoms. The smallest absolute Gasteiger partial charge is 0.243 e. The molecule has 2 N–H and O–H groups in total. The number of nitrogens with zero attached hydrogens (tertiary/aromatic N) is 1. The number of amides is 1. The van der Waals surface area contributed by atoms with Gasteiger partial charge in [0.1, 0.15) is 5.75 Å². The lowest BCUT2D eigenvalue weighted by atomic mass is 10.2. The third kappa shape index (κ3) is 4.32. The van der Waals surface area contributed by atoms with Crippen molar-refractivity contribution in [3.63, 3.8) is 0 Å². The zero-order valence-corrected chi connectivity index (χ0v) is 16.0. The van der Waals surface area contributed by atoms with Crippen molar-refractivity contribution in [3.8, 4) is 5.75 Å². The minimum atomic E-state index is -0.121. The standard InChI is InChI=1S/C20H23N3O2S/c1-4-25-17-8-6-5-7-15(17)22-19(24)12-21-14-9-10-16-18(11-14)26-20(23-16)13(2)3/h5-11,13,21H,4,12H2,1-3H3,(H,22,24). The van der Waals surface area contributed by atoms with Gasteiger partial charge in [-0.2, -0.15) is 0 Å². The van der Waals surface area contributed by atoms with Gasteiger partial charge in [0.05, 0.1) is 34.1 Å². The maximum Gasteiger partial charge on any atom is 0.243 e. The molecule has 0 spiro atoms. The summed E-state index contributed by atoms with van der Waals surface area (Å²) >= 11 is 1.70. The molecule has 5 nitrogen and oxygen atoms in total. The fraction of sp³-hybridized carbons (Fsp3) is 0.300. The number of fused-ring (bicyclic) bond motifs is 1. The number of carbonyl (C=O) groups is 1. The third-order valence-electron chi connectivity index (χ3n) is 3.81. The van der Waals surface area contributed by atoms with E-state index in [-0.39, 0.29) is 12.5 Å². The summed E-state index contributed by atoms with van der Waals surface area (Å²) in [5, 5.41) is 7.19. The van der Waals surface area contributed by atoms with Crippen LogP contribution in [0.1, 0.15) is 31.7 Å². The molecule has 1 aromatic heterocycles. The van der Waals surface area contributed by atoms with Gasteiger partial charge in [0.25, 0.3) is 0 Å². The molecule has 1 amide bonds. The summed E-state index contributed by atoms with van der Waals surface area (Å²) in [6.45, 7) is 6.93. The van der Waals surface area contributed by atoms with Crippen LogP contribution in [0.4, 0.5) is 11.4 Å². The Bertz CT molecular complexity index is 905. The van der Waals surface area contributed by atoms with Crippen molar-refractivity contribution in [1.82, 2.24) is 4.98 Å². The van der Waals surface area contributed by atoms with Gasteiger partial charge in [-0.1, -0.05) is 26.0 Å². The first-order chi connectivity index (χ1) is 12.6. The van der Waals surface area contributed by atoms with E-state index in [9.17, 15) is 4.79 Å². The van der Waals surface area contributed by atoms with Crippen molar-refractivity contribution in [2.24, 2.45) is 0 Å². The van der Waals surface area contributed by atoms with Crippen molar-refractivity contribution in [2.45, 2.75) is 26.7 Å². The van der Waals surface area contributed by atoms with Crippen molar-refractivity contribution < 1.29 is 9.53 Å². The first-order valence-corrected chi connectivity index (χ1v) is 9.54. The van der Waals surface area contributed by atoms with Gasteiger partial charge < -0.3 is 15.4 Å². The Hall–Kier alpha value is -2.60. The Kier molecular flexibility index (Phi) is 5.73. The van der Waals surface area contributed by atoms with E-state index < -0.39 is 0 Å². The molecule has 0 unspecified atom stereocenters. The first-order valence-electron chi connectivity index (χ1n) is 8.73. The van der Waals surface area contributed by atoms with Gasteiger partial charge in [-0.15, -0.1) is 11.3 Å². The van der Waals surface area contributed by atoms with Crippen LogP contribution in [0.2, 0.25) is 0 Å². The fourth-order valence-electron chi connectivity index (χ4n) is 2.53. The van der Waals surface area contributed by atoms with Crippen molar-refractivity contribution in [1.29, 1.82) is 0 Å². The summed E-state index contributed by atoms with van der Waals surface area (Å²) in [5.41, 5.74) is 2.59. The number of para-hydroxylation sites is 2. The van der Waals surface area contributed by atoms with E-state index in [2.05, 4.69) is 29.5 Å². The molecule has 2 aromatic carbocycles. The van der Waals surface area contributed by atoms with Crippen molar-refractivity contribution in [3.05, 3.63) is 47.5 Å². The zero-order chi connectivity index (χ0) is 18.5. The second-order valence-corrected chi connectivity index (χ2v) is 7.28. The predicted molar refractivity (Wildman–Crippen MR) is 108 cm³/mol. The number of hydrogen-bond donors (Lipinski definition) is 2. The average Bonchev–Trinajstić information content (AvgIpc) is 3.05. The summed E-state index contributed by atoms with van der Waals surface area (Å²) < 4.78 is 6.66. The summed E-state index contributed by atoms with van der Waals surface area (Å²) in [7, 11) is 0. The fourth-order valence-corrected chi connectivity index (χ4v) is 3.54. The van der Waals surface area contributed by atoms with E-state index in [1.54, 1.807) is 11.3 Å². The summed E-state index contributed by atoms with van der Waals surface area (Å²) in [4.78, 5) is 16.9. The molecule has 1 heterocycles. The third-order valence-corrected chi connectivity index (χ3v) is 5.13. The highest BCUT2D eigenvalue weighted by Crippen LogP contribution is 2.29. The Balaban J connectivity index is 1.63. The van der Waals surface area contributed by atoms with E-state index in [0.717, 1.165) is 20.9 Å². The lowest BCUT2D eigenvalue weighted by molar-refractivity contribution is -0.114. The molecule has 0 aliphatic carbocycles. The van der Waals surface area contributed by atoms with Gasteiger partial charge in [0.2, 0.25) is 5.91 Å². The molecule has 0 atom stereocenters. The van der Waals surface area contributed by atoms with Crippen LogP contribution in [-0.2, 0) is 4.79 Å². The molecule has 0 aliphatic rings. The monoisotopic (exact) mass is 369 g/mol. The van der Waals surface area contributed by atoms with E-state index >= 15 is 0 Å². The second-order valence-electron chi connectivity index (χ2n) is 6.22. The van der Waals surface area contributed by atoms with E-state index in [4.69, 9.17) is 4.74 Å². The topological polar surface area (TPSA) is 63.2 Å². The van der Waals surface area contributed by atoms with Crippen LogP contribution in [0.3, 0.4) is 0 Å². The number of rotatable bonds is 7. The van der Waals surface area contributed by atoms with E-state index in [1.807, 2.05) is 49.4 Å². The maximum atomic E-state index is 12.3. The Morgan fingerprint density at radius 3 is 2.81 bits per heavy atom. The molecule has 136 valence electrons. The zero-order valence-electron chi connectivity index (χ0n) is 15.2. The van der Waals surface area contributed by atoms with Gasteiger partial charge in [-0.3, -0.25) is 4.79 Å². The summed E-state index contributed by atoms with van der Waals surface area (Å²) in [6, 6.07) is 13.4. The Morgan fingerprint density at radius 1 is 1.23 bits per heavy atom. The second kappa shape index (κ2) is 8.19. The maximum absolute atomic E-state index is 12.3. The van der Waals surface area contributed by atoms with Crippen LogP contribution < -0.4 is 15.4 Å². The van der Waals surface area contributed by atoms with Crippen LogP contribution in [0, 0.1) is 0 Å². The molecule has 0 bridgehead atoms. The van der Waals surface area contributed by atoms with Crippen LogP contribution >= 0.6 is 11.3 Å². The molecule has 0 saturated carbocycles. The Labute approximate surface area is 157 Å². The molecule has 0 aliphatic heterocycles. The summed E-state index contributed by atoms with van der Waals surface area (Å²) in [6.07, 6.45) is 0. The van der Waals surface area contributed by atoms with Gasteiger partial charge in [0, 0.05) is 11.6 Å². The molecule has 0 saturated heterocycles. The predicted octanol–water partition coefficient (Wildman–Crippen LogP) is 4.87. The van der Waals surface area contributed by atoms with Gasteiger partial charge in [-0.05, 0) is 37.3 Å². The molecule has 3 aromatic rings. The van der Waals surface area contributed by atoms with Crippen LogP contribution in [-0.4, -0.2) is 24.0 Å². The highest BCUT2D eigenvalue weighted by atomic mass is 32.1. The molecular weight excluding hydrogens is 346 g/mol. The minimum absolute atomic E-state index is 0.121. The number of anilines is 2. The highest BCUT2D eigenvalue weighted by molar-refractivity contribution is 7.18. The number of hydrogen-bond acceptors (Lipinski definition) is 5. The Morgan fingerprint density at radius 2 is 2.04 bits per heavy atom. The van der Waals surface area contributed by atoms with Crippen LogP contribution in [0.5, 0.6) is 5.75 Å². The number of ether oxygens (including phenoxy) is 1. The average molecular weight is 369 g/mol. The van der Waals surface area contributed by atoms with Gasteiger partial charge in [-0.25, -0.2) is 4.98 Å². The summed E-state index contributed by atoms with van der Waals surface area (Å²) in [5.74, 6) is 0.972. The lowest BCUT2D eigenvalue weighted by Crippen LogP contribution is -2.22. The first kappa shape index (κ1) is 18.2. The number of carbonyl (C=O) groups excluding carboxylic acids is 1. The number of benzene rings is 2. The largest absolute Gasteiger partial charge is 0.492 e. The van der Waals surface area contributed by atoms with Gasteiger partial charge in [0.15, 0.2) is 0 Å². The van der Waals surface area contributed by atoms with Gasteiger partial charge >= 0.3 is 0 Å². The van der Waals surface area contributed by atoms with E-state index in [0.29, 0.717) is 24.0 Å². The minimum Gasteiger partial charge on any atom is -0.492 e. The highest BCUT2D eigenvalue weighted by Gasteiger charge is 2.10. The molecule has 3 rings (SSSR count). The van der Waals surface area contributed by atoms with E-state index in [1.165, 1.54) is 0 Å². The normalized spacial score (nSPS) is 10.9. The van der Waals surface area contributed by atoms with Crippen LogP contribution in [0.25, 0.3) is 10.2 Å². The quantitative estimate of drug-likeness (QED) is 0.624.